The lowest BCUT2D eigenvalue weighted by Crippen LogP contribution is -2.53. The van der Waals surface area contributed by atoms with E-state index in [1.807, 2.05) is 36.4 Å². The monoisotopic (exact) mass is 583 g/mol. The van der Waals surface area contributed by atoms with Crippen molar-refractivity contribution in [3.05, 3.63) is 83.9 Å². The van der Waals surface area contributed by atoms with Gasteiger partial charge in [-0.05, 0) is 42.3 Å². The lowest BCUT2D eigenvalue weighted by molar-refractivity contribution is -0.140. The molecule has 10 nitrogen and oxygen atoms in total. The fourth-order valence-electron chi connectivity index (χ4n) is 4.40. The van der Waals surface area contributed by atoms with Crippen molar-refractivity contribution in [2.24, 2.45) is 0 Å². The predicted molar refractivity (Wildman–Crippen MR) is 158 cm³/mol. The molecule has 41 heavy (non-hydrogen) atoms. The number of nitrogens with zero attached hydrogens (tertiary/aromatic N) is 2. The molecule has 0 aliphatic rings. The third-order valence-electron chi connectivity index (χ3n) is 6.44. The smallest absolute Gasteiger partial charge is 0.244 e. The quantitative estimate of drug-likeness (QED) is 0.310. The number of amides is 2. The molecule has 0 spiro atoms. The van der Waals surface area contributed by atoms with Crippen LogP contribution in [-0.4, -0.2) is 71.8 Å². The molecule has 0 saturated heterocycles. The van der Waals surface area contributed by atoms with Gasteiger partial charge in [0.1, 0.15) is 29.8 Å². The van der Waals surface area contributed by atoms with Crippen molar-refractivity contribution in [3.63, 3.8) is 0 Å². The Morgan fingerprint density at radius 2 is 1.51 bits per heavy atom. The van der Waals surface area contributed by atoms with E-state index in [2.05, 4.69) is 5.32 Å². The van der Waals surface area contributed by atoms with E-state index in [-0.39, 0.29) is 30.3 Å². The number of hydrogen-bond acceptors (Lipinski definition) is 7. The first kappa shape index (κ1) is 31.3. The molecule has 0 unspecified atom stereocenters. The van der Waals surface area contributed by atoms with Crippen molar-refractivity contribution < 1.29 is 32.2 Å². The average molecular weight is 584 g/mol. The molecule has 0 heterocycles. The van der Waals surface area contributed by atoms with E-state index in [1.165, 1.54) is 25.2 Å². The Labute approximate surface area is 241 Å². The normalized spacial score (nSPS) is 11.7. The van der Waals surface area contributed by atoms with Crippen molar-refractivity contribution in [2.45, 2.75) is 25.9 Å². The minimum Gasteiger partial charge on any atom is -0.497 e. The van der Waals surface area contributed by atoms with Gasteiger partial charge in [-0.15, -0.1) is 0 Å². The molecule has 0 aliphatic heterocycles. The first-order valence-corrected chi connectivity index (χ1v) is 14.9. The maximum atomic E-state index is 14.1. The van der Waals surface area contributed by atoms with Gasteiger partial charge in [-0.1, -0.05) is 42.5 Å². The predicted octanol–water partition coefficient (Wildman–Crippen LogP) is 3.25. The van der Waals surface area contributed by atoms with E-state index in [1.54, 1.807) is 44.4 Å². The van der Waals surface area contributed by atoms with Crippen LogP contribution in [0.25, 0.3) is 0 Å². The number of sulfonamides is 1. The average Bonchev–Trinajstić information content (AvgIpc) is 2.97. The third kappa shape index (κ3) is 8.37. The summed E-state index contributed by atoms with van der Waals surface area (Å²) in [5.41, 5.74) is 1.74. The van der Waals surface area contributed by atoms with Gasteiger partial charge in [-0.2, -0.15) is 0 Å². The highest BCUT2D eigenvalue weighted by atomic mass is 32.2. The van der Waals surface area contributed by atoms with Crippen LogP contribution in [0, 0.1) is 0 Å². The largest absolute Gasteiger partial charge is 0.497 e. The minimum atomic E-state index is -3.95. The van der Waals surface area contributed by atoms with E-state index in [0.29, 0.717) is 23.6 Å². The molecule has 0 bridgehead atoms. The van der Waals surface area contributed by atoms with Crippen molar-refractivity contribution in [1.82, 2.24) is 10.2 Å². The van der Waals surface area contributed by atoms with E-state index in [9.17, 15) is 18.0 Å². The molecule has 3 rings (SSSR count). The molecule has 0 fully saturated rings. The number of carbonyl (C=O) groups excluding carboxylic acids is 2. The zero-order valence-electron chi connectivity index (χ0n) is 24.0. The van der Waals surface area contributed by atoms with E-state index in [0.717, 1.165) is 16.1 Å². The molecule has 0 aliphatic carbocycles. The Morgan fingerprint density at radius 3 is 2.12 bits per heavy atom. The van der Waals surface area contributed by atoms with Crippen molar-refractivity contribution in [3.8, 4) is 17.2 Å². The lowest BCUT2D eigenvalue weighted by Gasteiger charge is -2.33. The zero-order chi connectivity index (χ0) is 30.0. The van der Waals surface area contributed by atoms with Gasteiger partial charge >= 0.3 is 0 Å². The summed E-state index contributed by atoms with van der Waals surface area (Å²) >= 11 is 0. The first-order chi connectivity index (χ1) is 19.6. The second-order valence-electron chi connectivity index (χ2n) is 9.28. The number of rotatable bonds is 14. The fraction of sp³-hybridized carbons (Fsp3) is 0.333. The maximum Gasteiger partial charge on any atom is 0.244 e. The highest BCUT2D eigenvalue weighted by molar-refractivity contribution is 7.92. The van der Waals surface area contributed by atoms with Crippen LogP contribution < -0.4 is 23.8 Å². The van der Waals surface area contributed by atoms with Crippen LogP contribution in [0.15, 0.2) is 72.8 Å². The Bertz CT molecular complexity index is 1430. The Balaban J connectivity index is 2.09. The van der Waals surface area contributed by atoms with Gasteiger partial charge in [0.15, 0.2) is 0 Å². The number of likely N-dealkylation sites (N-methyl/N-ethyl adjacent to an activating group) is 1. The summed E-state index contributed by atoms with van der Waals surface area (Å²) in [6.45, 7) is 1.65. The van der Waals surface area contributed by atoms with Gasteiger partial charge in [0.25, 0.3) is 0 Å². The summed E-state index contributed by atoms with van der Waals surface area (Å²) in [6.07, 6.45) is 1.24. The molecule has 1 N–H and O–H groups in total. The number of anilines is 1. The van der Waals surface area contributed by atoms with Gasteiger partial charge < -0.3 is 24.4 Å². The molecule has 0 aromatic heterocycles. The summed E-state index contributed by atoms with van der Waals surface area (Å²) in [4.78, 5) is 29.0. The van der Waals surface area contributed by atoms with Gasteiger partial charge in [0, 0.05) is 25.6 Å². The molecule has 2 amide bonds. The molecule has 3 aromatic carbocycles. The fourth-order valence-corrected chi connectivity index (χ4v) is 5.25. The summed E-state index contributed by atoms with van der Waals surface area (Å²) in [7, 11) is 0.477. The summed E-state index contributed by atoms with van der Waals surface area (Å²) in [5, 5.41) is 2.83. The number of hydrogen-bond donors (Lipinski definition) is 1. The van der Waals surface area contributed by atoms with Crippen LogP contribution in [-0.2, 0) is 32.6 Å². The second-order valence-corrected chi connectivity index (χ2v) is 11.2. The molecule has 0 saturated carbocycles. The summed E-state index contributed by atoms with van der Waals surface area (Å²) in [6, 6.07) is 20.2. The molecule has 11 heteroatoms. The molecular weight excluding hydrogens is 546 g/mol. The molecule has 0 radical (unpaired) electrons. The molecular formula is C30H37N3O7S. The zero-order valence-corrected chi connectivity index (χ0v) is 24.8. The van der Waals surface area contributed by atoms with Crippen LogP contribution in [0.1, 0.15) is 18.1 Å². The standard InChI is InChI=1S/C30H37N3O7S/c1-6-31-30(35)27(18-22-11-8-7-9-12-22)32(20-23-13-10-14-24(17-23)38-2)29(34)21-33(41(5,36)37)26-16-15-25(39-3)19-28(26)40-4/h7-17,19,27H,6,18,20-21H2,1-5H3,(H,31,35)/t27-/m1/s1. The highest BCUT2D eigenvalue weighted by Gasteiger charge is 2.33. The van der Waals surface area contributed by atoms with Crippen molar-refractivity contribution in [1.29, 1.82) is 0 Å². The van der Waals surface area contributed by atoms with Crippen LogP contribution in [0.3, 0.4) is 0 Å². The van der Waals surface area contributed by atoms with Crippen LogP contribution in [0.2, 0.25) is 0 Å². The number of carbonyl (C=O) groups is 2. The maximum absolute atomic E-state index is 14.1. The first-order valence-electron chi connectivity index (χ1n) is 13.0. The van der Waals surface area contributed by atoms with Gasteiger partial charge in [0.05, 0.1) is 33.3 Å². The Hall–Kier alpha value is -4.25. The lowest BCUT2D eigenvalue weighted by atomic mass is 10.0. The molecule has 220 valence electrons. The third-order valence-corrected chi connectivity index (χ3v) is 7.57. The van der Waals surface area contributed by atoms with Crippen molar-refractivity contribution >= 4 is 27.5 Å². The van der Waals surface area contributed by atoms with Crippen LogP contribution >= 0.6 is 0 Å². The highest BCUT2D eigenvalue weighted by Crippen LogP contribution is 2.34. The van der Waals surface area contributed by atoms with E-state index >= 15 is 0 Å². The van der Waals surface area contributed by atoms with E-state index < -0.39 is 28.5 Å². The van der Waals surface area contributed by atoms with Crippen molar-refractivity contribution in [2.75, 3.05) is 45.0 Å². The van der Waals surface area contributed by atoms with Gasteiger partial charge in [-0.3, -0.25) is 13.9 Å². The molecule has 1 atom stereocenters. The SMILES string of the molecule is CCNC(=O)[C@@H](Cc1ccccc1)N(Cc1cccc(OC)c1)C(=O)CN(c1ccc(OC)cc1OC)S(C)(=O)=O. The van der Waals surface area contributed by atoms with E-state index in [4.69, 9.17) is 14.2 Å². The number of ether oxygens (including phenoxy) is 3. The number of methoxy groups -OCH3 is 3. The molecule has 3 aromatic rings. The Morgan fingerprint density at radius 1 is 0.854 bits per heavy atom. The Kier molecular flexibility index (Phi) is 11.0. The number of benzene rings is 3. The second kappa shape index (κ2) is 14.4. The van der Waals surface area contributed by atoms with Gasteiger partial charge in [0.2, 0.25) is 21.8 Å². The minimum absolute atomic E-state index is 0.0437. The van der Waals surface area contributed by atoms with Gasteiger partial charge in [-0.25, -0.2) is 8.42 Å². The van der Waals surface area contributed by atoms with Crippen LogP contribution in [0.4, 0.5) is 5.69 Å². The van der Waals surface area contributed by atoms with Crippen LogP contribution in [0.5, 0.6) is 17.2 Å². The topological polar surface area (TPSA) is 114 Å². The summed E-state index contributed by atoms with van der Waals surface area (Å²) < 4.78 is 43.1. The summed E-state index contributed by atoms with van der Waals surface area (Å²) in [5.74, 6) is 0.354. The number of nitrogens with one attached hydrogen (secondary N) is 1.